The molecule has 5 nitrogen and oxygen atoms in total. The van der Waals surface area contributed by atoms with Gasteiger partial charge in [0.1, 0.15) is 17.3 Å². The van der Waals surface area contributed by atoms with E-state index in [9.17, 15) is 4.79 Å². The second-order valence-corrected chi connectivity index (χ2v) is 8.92. The largest absolute Gasteiger partial charge is 0.496 e. The van der Waals surface area contributed by atoms with E-state index in [1.165, 1.54) is 0 Å². The minimum absolute atomic E-state index is 0.235. The predicted octanol–water partition coefficient (Wildman–Crippen LogP) is 5.56. The fourth-order valence-electron chi connectivity index (χ4n) is 4.73. The molecule has 0 radical (unpaired) electrons. The number of Topliss-reactive ketones (excluding diaryl/α,β-unsaturated/α-hetero) is 1. The monoisotopic (exact) mass is 444 g/mol. The van der Waals surface area contributed by atoms with Gasteiger partial charge < -0.3 is 18.9 Å². The third-order valence-corrected chi connectivity index (χ3v) is 6.88. The molecule has 5 heteroatoms. The highest BCUT2D eigenvalue weighted by molar-refractivity contribution is 5.95. The molecule has 3 aromatic rings. The van der Waals surface area contributed by atoms with Gasteiger partial charge in [0.15, 0.2) is 11.5 Å². The van der Waals surface area contributed by atoms with Gasteiger partial charge in [-0.05, 0) is 78.8 Å². The molecular weight excluding hydrogens is 416 g/mol. The van der Waals surface area contributed by atoms with Gasteiger partial charge in [-0.25, -0.2) is 0 Å². The first-order valence-electron chi connectivity index (χ1n) is 11.2. The molecule has 1 fully saturated rings. The molecule has 33 heavy (non-hydrogen) atoms. The highest BCUT2D eigenvalue weighted by atomic mass is 16.7. The van der Waals surface area contributed by atoms with Crippen molar-refractivity contribution in [3.63, 3.8) is 0 Å². The van der Waals surface area contributed by atoms with Crippen LogP contribution in [0.5, 0.6) is 23.0 Å². The van der Waals surface area contributed by atoms with E-state index in [2.05, 4.69) is 19.1 Å². The summed E-state index contributed by atoms with van der Waals surface area (Å²) in [5.41, 5.74) is 5.74. The first-order chi connectivity index (χ1) is 15.9. The van der Waals surface area contributed by atoms with Crippen LogP contribution < -0.4 is 18.9 Å². The van der Waals surface area contributed by atoms with Crippen LogP contribution in [-0.2, 0) is 16.6 Å². The highest BCUT2D eigenvalue weighted by Crippen LogP contribution is 2.51. The number of rotatable bonds is 7. The molecule has 5 rings (SSSR count). The zero-order valence-corrected chi connectivity index (χ0v) is 19.5. The van der Waals surface area contributed by atoms with Crippen molar-refractivity contribution in [2.75, 3.05) is 21.0 Å². The third-order valence-electron chi connectivity index (χ3n) is 6.88. The topological polar surface area (TPSA) is 54.0 Å². The van der Waals surface area contributed by atoms with Crippen LogP contribution in [0.25, 0.3) is 11.1 Å². The number of aryl methyl sites for hydroxylation is 2. The molecule has 1 aliphatic heterocycles. The maximum Gasteiger partial charge on any atom is 0.231 e. The molecule has 0 spiro atoms. The van der Waals surface area contributed by atoms with Crippen LogP contribution in [0, 0.1) is 13.8 Å². The Kier molecular flexibility index (Phi) is 5.28. The Balaban J connectivity index is 1.45. The number of ether oxygens (including phenoxy) is 4. The predicted molar refractivity (Wildman–Crippen MR) is 127 cm³/mol. The van der Waals surface area contributed by atoms with Crippen LogP contribution in [0.15, 0.2) is 48.5 Å². The first-order valence-corrected chi connectivity index (χ1v) is 11.2. The Morgan fingerprint density at radius 3 is 2.33 bits per heavy atom. The summed E-state index contributed by atoms with van der Waals surface area (Å²) in [6.07, 6.45) is 2.12. The van der Waals surface area contributed by atoms with Crippen molar-refractivity contribution in [1.82, 2.24) is 0 Å². The molecule has 0 unspecified atom stereocenters. The fraction of sp³-hybridized carbons (Fsp3) is 0.321. The van der Waals surface area contributed by atoms with Crippen LogP contribution >= 0.6 is 0 Å². The Labute approximate surface area is 194 Å². The number of hydrogen-bond acceptors (Lipinski definition) is 5. The number of ketones is 1. The van der Waals surface area contributed by atoms with Crippen molar-refractivity contribution in [3.05, 3.63) is 70.8 Å². The van der Waals surface area contributed by atoms with Gasteiger partial charge in [-0.1, -0.05) is 24.3 Å². The van der Waals surface area contributed by atoms with E-state index in [1.807, 2.05) is 43.3 Å². The lowest BCUT2D eigenvalue weighted by molar-refractivity contribution is -0.120. The van der Waals surface area contributed by atoms with Crippen molar-refractivity contribution in [2.45, 2.75) is 38.5 Å². The van der Waals surface area contributed by atoms with Gasteiger partial charge in [-0.15, -0.1) is 0 Å². The SMILES string of the molecule is COc1cc(-c2cc(CC(=O)C3(c4ccc5c(c4)OCO5)CC3)ccc2C)c(OC)cc1C. The molecule has 0 aromatic heterocycles. The van der Waals surface area contributed by atoms with Gasteiger partial charge in [-0.2, -0.15) is 0 Å². The second kappa shape index (κ2) is 8.14. The smallest absolute Gasteiger partial charge is 0.231 e. The van der Waals surface area contributed by atoms with Crippen molar-refractivity contribution in [2.24, 2.45) is 0 Å². The quantitative estimate of drug-likeness (QED) is 0.478. The average molecular weight is 445 g/mol. The standard InChI is InChI=1S/C28H28O5/c1-17-5-6-19(12-21(17)22-15-24(30-3)18(2)11-25(22)31-4)13-27(29)28(9-10-28)20-7-8-23-26(14-20)33-16-32-23/h5-8,11-12,14-15H,9-10,13,16H2,1-4H3. The van der Waals surface area contributed by atoms with Crippen LogP contribution in [-0.4, -0.2) is 26.8 Å². The summed E-state index contributed by atoms with van der Waals surface area (Å²) in [7, 11) is 3.35. The van der Waals surface area contributed by atoms with E-state index in [-0.39, 0.29) is 12.6 Å². The van der Waals surface area contributed by atoms with Gasteiger partial charge in [-0.3, -0.25) is 4.79 Å². The van der Waals surface area contributed by atoms with Crippen molar-refractivity contribution in [3.8, 4) is 34.1 Å². The summed E-state index contributed by atoms with van der Waals surface area (Å²) >= 11 is 0. The molecule has 1 saturated carbocycles. The van der Waals surface area contributed by atoms with E-state index in [4.69, 9.17) is 18.9 Å². The first kappa shape index (κ1) is 21.4. The lowest BCUT2D eigenvalue weighted by atomic mass is 9.86. The lowest BCUT2D eigenvalue weighted by Gasteiger charge is -2.17. The van der Waals surface area contributed by atoms with Crippen molar-refractivity contribution < 1.29 is 23.7 Å². The zero-order valence-electron chi connectivity index (χ0n) is 19.5. The van der Waals surface area contributed by atoms with Crippen LogP contribution in [0.4, 0.5) is 0 Å². The van der Waals surface area contributed by atoms with E-state index in [0.29, 0.717) is 6.42 Å². The number of methoxy groups -OCH3 is 2. The maximum atomic E-state index is 13.5. The third kappa shape index (κ3) is 3.71. The van der Waals surface area contributed by atoms with E-state index >= 15 is 0 Å². The summed E-state index contributed by atoms with van der Waals surface area (Å²) in [4.78, 5) is 13.5. The Morgan fingerprint density at radius 1 is 0.848 bits per heavy atom. The molecule has 0 saturated heterocycles. The molecule has 170 valence electrons. The van der Waals surface area contributed by atoms with Crippen LogP contribution in [0.3, 0.4) is 0 Å². The molecule has 2 aliphatic rings. The molecule has 0 bridgehead atoms. The molecule has 0 amide bonds. The molecule has 0 atom stereocenters. The molecule has 1 aliphatic carbocycles. The highest BCUT2D eigenvalue weighted by Gasteiger charge is 2.50. The number of benzene rings is 3. The number of fused-ring (bicyclic) bond motifs is 1. The summed E-state index contributed by atoms with van der Waals surface area (Å²) in [5, 5.41) is 0. The number of hydrogen-bond donors (Lipinski definition) is 0. The maximum absolute atomic E-state index is 13.5. The van der Waals surface area contributed by atoms with Crippen LogP contribution in [0.2, 0.25) is 0 Å². The summed E-state index contributed by atoms with van der Waals surface area (Å²) in [6.45, 7) is 4.30. The van der Waals surface area contributed by atoms with E-state index in [1.54, 1.807) is 14.2 Å². The van der Waals surface area contributed by atoms with Crippen LogP contribution in [0.1, 0.15) is 35.1 Å². The molecule has 3 aromatic carbocycles. The lowest BCUT2D eigenvalue weighted by Crippen LogP contribution is -2.22. The Hall–Kier alpha value is -3.47. The number of carbonyl (C=O) groups excluding carboxylic acids is 1. The zero-order chi connectivity index (χ0) is 23.2. The summed E-state index contributed by atoms with van der Waals surface area (Å²) < 4.78 is 22.2. The van der Waals surface area contributed by atoms with E-state index < -0.39 is 5.41 Å². The van der Waals surface area contributed by atoms with Gasteiger partial charge >= 0.3 is 0 Å². The van der Waals surface area contributed by atoms with Crippen molar-refractivity contribution >= 4 is 5.78 Å². The fourth-order valence-corrected chi connectivity index (χ4v) is 4.73. The van der Waals surface area contributed by atoms with Gasteiger partial charge in [0.2, 0.25) is 6.79 Å². The molecular formula is C28H28O5. The van der Waals surface area contributed by atoms with E-state index in [0.717, 1.165) is 69.2 Å². The minimum Gasteiger partial charge on any atom is -0.496 e. The normalized spacial score (nSPS) is 15.3. The molecule has 0 N–H and O–H groups in total. The minimum atomic E-state index is -0.420. The summed E-state index contributed by atoms with van der Waals surface area (Å²) in [5.74, 6) is 3.31. The molecule has 1 heterocycles. The van der Waals surface area contributed by atoms with Gasteiger partial charge in [0, 0.05) is 12.0 Å². The second-order valence-electron chi connectivity index (χ2n) is 8.92. The average Bonchev–Trinajstić information content (AvgIpc) is 3.51. The Morgan fingerprint density at radius 2 is 1.61 bits per heavy atom. The van der Waals surface area contributed by atoms with Gasteiger partial charge in [0.05, 0.1) is 19.6 Å². The van der Waals surface area contributed by atoms with Crippen molar-refractivity contribution in [1.29, 1.82) is 0 Å². The number of carbonyl (C=O) groups is 1. The van der Waals surface area contributed by atoms with Gasteiger partial charge in [0.25, 0.3) is 0 Å². The Bertz CT molecular complexity index is 1240. The summed E-state index contributed by atoms with van der Waals surface area (Å²) in [6, 6.07) is 16.1.